The van der Waals surface area contributed by atoms with Gasteiger partial charge in [0.2, 0.25) is 5.91 Å². The zero-order valence-electron chi connectivity index (χ0n) is 20.5. The number of amides is 3. The topological polar surface area (TPSA) is 142 Å². The van der Waals surface area contributed by atoms with E-state index in [1.165, 1.54) is 12.1 Å². The Morgan fingerprint density at radius 3 is 2.32 bits per heavy atom. The zero-order valence-corrected chi connectivity index (χ0v) is 21.3. The Labute approximate surface area is 217 Å². The van der Waals surface area contributed by atoms with Crippen molar-refractivity contribution in [2.45, 2.75) is 49.7 Å². The van der Waals surface area contributed by atoms with Crippen LogP contribution in [-0.4, -0.2) is 49.8 Å². The highest BCUT2D eigenvalue weighted by molar-refractivity contribution is 7.91. The zero-order chi connectivity index (χ0) is 28.1. The van der Waals surface area contributed by atoms with Crippen LogP contribution in [0.25, 0.3) is 0 Å². The summed E-state index contributed by atoms with van der Waals surface area (Å²) in [6.45, 7) is 1.24. The Hall–Kier alpha value is -3.61. The van der Waals surface area contributed by atoms with Gasteiger partial charge in [0.15, 0.2) is 9.84 Å². The average molecular weight is 556 g/mol. The van der Waals surface area contributed by atoms with Crippen LogP contribution in [0.15, 0.2) is 47.4 Å². The van der Waals surface area contributed by atoms with Crippen molar-refractivity contribution in [1.29, 1.82) is 0 Å². The molecule has 0 unspecified atom stereocenters. The molecule has 2 aromatic rings. The number of hydrogen-bond donors (Lipinski definition) is 4. The molecule has 13 heteroatoms. The number of nitrogens with one attached hydrogen (secondary N) is 3. The third kappa shape index (κ3) is 7.70. The van der Waals surface area contributed by atoms with E-state index in [0.29, 0.717) is 25.0 Å². The van der Waals surface area contributed by atoms with Crippen molar-refractivity contribution >= 4 is 33.4 Å². The quantitative estimate of drug-likeness (QED) is 0.388. The predicted molar refractivity (Wildman–Crippen MR) is 133 cm³/mol. The van der Waals surface area contributed by atoms with Crippen molar-refractivity contribution in [2.75, 3.05) is 17.6 Å². The number of halogens is 3. The first kappa shape index (κ1) is 29.0. The van der Waals surface area contributed by atoms with Gasteiger partial charge in [0.05, 0.1) is 34.0 Å². The average Bonchev–Trinajstić information content (AvgIpc) is 2.83. The van der Waals surface area contributed by atoms with Gasteiger partial charge in [-0.3, -0.25) is 14.9 Å². The Kier molecular flexibility index (Phi) is 9.02. The number of anilines is 1. The molecule has 38 heavy (non-hydrogen) atoms. The molecular weight excluding hydrogens is 527 g/mol. The second-order valence-electron chi connectivity index (χ2n) is 9.18. The molecule has 0 heterocycles. The summed E-state index contributed by atoms with van der Waals surface area (Å²) in [4.78, 5) is 36.3. The Morgan fingerprint density at radius 2 is 1.68 bits per heavy atom. The molecule has 0 bridgehead atoms. The summed E-state index contributed by atoms with van der Waals surface area (Å²) in [7, 11) is -3.61. The van der Waals surface area contributed by atoms with Gasteiger partial charge in [-0.05, 0) is 56.0 Å². The van der Waals surface area contributed by atoms with Crippen LogP contribution >= 0.6 is 0 Å². The smallest absolute Gasteiger partial charge is 0.416 e. The molecule has 9 nitrogen and oxygen atoms in total. The van der Waals surface area contributed by atoms with Crippen LogP contribution in [-0.2, 0) is 20.8 Å². The van der Waals surface area contributed by atoms with Crippen molar-refractivity contribution < 1.29 is 41.1 Å². The first-order valence-corrected chi connectivity index (χ1v) is 13.5. The number of carbonyl (C=O) groups is 3. The number of carboxylic acid groups (broad SMARTS) is 1. The van der Waals surface area contributed by atoms with Crippen LogP contribution in [0.2, 0.25) is 0 Å². The van der Waals surface area contributed by atoms with Crippen LogP contribution in [0.3, 0.4) is 0 Å². The van der Waals surface area contributed by atoms with E-state index >= 15 is 0 Å². The Morgan fingerprint density at radius 1 is 1.03 bits per heavy atom. The summed E-state index contributed by atoms with van der Waals surface area (Å²) in [5.74, 6) is -2.26. The van der Waals surface area contributed by atoms with Gasteiger partial charge in [0.1, 0.15) is 0 Å². The summed E-state index contributed by atoms with van der Waals surface area (Å²) < 4.78 is 65.2. The van der Waals surface area contributed by atoms with Crippen LogP contribution in [0.5, 0.6) is 0 Å². The molecule has 0 aliphatic heterocycles. The van der Waals surface area contributed by atoms with Gasteiger partial charge in [0, 0.05) is 6.04 Å². The van der Waals surface area contributed by atoms with Gasteiger partial charge in [-0.2, -0.15) is 13.2 Å². The molecule has 3 rings (SSSR count). The van der Waals surface area contributed by atoms with Crippen LogP contribution < -0.4 is 16.0 Å². The molecule has 206 valence electrons. The Balaban J connectivity index is 1.66. The third-order valence-electron chi connectivity index (χ3n) is 6.31. The summed E-state index contributed by atoms with van der Waals surface area (Å²) in [6, 6.07) is 7.96. The van der Waals surface area contributed by atoms with Gasteiger partial charge < -0.3 is 15.7 Å². The van der Waals surface area contributed by atoms with Crippen molar-refractivity contribution in [2.24, 2.45) is 5.92 Å². The van der Waals surface area contributed by atoms with Crippen LogP contribution in [0.1, 0.15) is 47.2 Å². The maximum atomic E-state index is 13.1. The van der Waals surface area contributed by atoms with Crippen LogP contribution in [0, 0.1) is 12.8 Å². The summed E-state index contributed by atoms with van der Waals surface area (Å²) in [5, 5.41) is 15.7. The molecular formula is C25H28F3N3O6S. The number of rotatable bonds is 8. The lowest BCUT2D eigenvalue weighted by atomic mass is 9.86. The van der Waals surface area contributed by atoms with Gasteiger partial charge in [-0.25, -0.2) is 13.2 Å². The predicted octanol–water partition coefficient (Wildman–Crippen LogP) is 3.98. The summed E-state index contributed by atoms with van der Waals surface area (Å²) in [6.07, 6.45) is -3.67. The van der Waals surface area contributed by atoms with Gasteiger partial charge in [-0.15, -0.1) is 0 Å². The van der Waals surface area contributed by atoms with Crippen molar-refractivity contribution in [3.05, 3.63) is 59.2 Å². The summed E-state index contributed by atoms with van der Waals surface area (Å²) >= 11 is 0. The molecule has 1 aliphatic carbocycles. The van der Waals surface area contributed by atoms with Crippen molar-refractivity contribution in [3.63, 3.8) is 0 Å². The Bertz CT molecular complexity index is 1300. The number of benzene rings is 2. The molecule has 2 atom stereocenters. The maximum absolute atomic E-state index is 13.1. The molecule has 1 aliphatic rings. The second kappa shape index (κ2) is 11.8. The van der Waals surface area contributed by atoms with Crippen molar-refractivity contribution in [3.8, 4) is 0 Å². The SMILES string of the molecule is Cc1ccc(S(=O)(=O)C[C@H]2CCCC[C@@H]2NC(=O)CNC(=O)c2cc(C(F)(F)F)ccc2NC(=O)O)cc1. The first-order valence-electron chi connectivity index (χ1n) is 11.8. The summed E-state index contributed by atoms with van der Waals surface area (Å²) in [5.41, 5.74) is -1.22. The van der Waals surface area contributed by atoms with E-state index in [4.69, 9.17) is 5.11 Å². The van der Waals surface area contributed by atoms with E-state index in [2.05, 4.69) is 10.6 Å². The minimum atomic E-state index is -4.77. The first-order chi connectivity index (χ1) is 17.8. The normalized spacial score (nSPS) is 17.9. The van der Waals surface area contributed by atoms with E-state index in [0.717, 1.165) is 24.5 Å². The fraction of sp³-hybridized carbons (Fsp3) is 0.400. The molecule has 2 aromatic carbocycles. The highest BCUT2D eigenvalue weighted by Crippen LogP contribution is 2.32. The highest BCUT2D eigenvalue weighted by Gasteiger charge is 2.33. The van der Waals surface area contributed by atoms with Gasteiger partial charge in [-0.1, -0.05) is 30.5 Å². The van der Waals surface area contributed by atoms with Gasteiger partial charge in [0.25, 0.3) is 5.91 Å². The second-order valence-corrected chi connectivity index (χ2v) is 11.2. The highest BCUT2D eigenvalue weighted by atomic mass is 32.2. The number of carbonyl (C=O) groups excluding carboxylic acids is 2. The monoisotopic (exact) mass is 555 g/mol. The minimum Gasteiger partial charge on any atom is -0.465 e. The van der Waals surface area contributed by atoms with E-state index in [-0.39, 0.29) is 22.3 Å². The van der Waals surface area contributed by atoms with Gasteiger partial charge >= 0.3 is 12.3 Å². The molecule has 0 radical (unpaired) electrons. The molecule has 0 aromatic heterocycles. The largest absolute Gasteiger partial charge is 0.465 e. The van der Waals surface area contributed by atoms with E-state index in [9.17, 15) is 36.0 Å². The number of alkyl halides is 3. The lowest BCUT2D eigenvalue weighted by molar-refractivity contribution is -0.137. The molecule has 1 saturated carbocycles. The lowest BCUT2D eigenvalue weighted by Gasteiger charge is -2.32. The number of hydrogen-bond acceptors (Lipinski definition) is 5. The minimum absolute atomic E-state index is 0.165. The molecule has 0 spiro atoms. The van der Waals surface area contributed by atoms with E-state index in [1.807, 2.05) is 12.2 Å². The molecule has 1 fully saturated rings. The third-order valence-corrected chi connectivity index (χ3v) is 8.17. The molecule has 3 amide bonds. The molecule has 0 saturated heterocycles. The fourth-order valence-corrected chi connectivity index (χ4v) is 6.07. The maximum Gasteiger partial charge on any atom is 0.416 e. The van der Waals surface area contributed by atoms with E-state index < -0.39 is 57.6 Å². The fourth-order valence-electron chi connectivity index (χ4n) is 4.37. The standard InChI is InChI=1S/C25H28F3N3O6S/c1-15-6-9-18(10-7-15)38(36,37)14-16-4-2-3-5-20(16)30-22(32)13-29-23(33)19-12-17(25(26,27)28)8-11-21(19)31-24(34)35/h6-12,16,20,31H,2-5,13-14H2,1H3,(H,29,33)(H,30,32)(H,34,35)/t16-,20+/m1/s1. The number of sulfone groups is 1. The lowest BCUT2D eigenvalue weighted by Crippen LogP contribution is -2.47. The van der Waals surface area contributed by atoms with Crippen LogP contribution in [0.4, 0.5) is 23.7 Å². The van der Waals surface area contributed by atoms with E-state index in [1.54, 1.807) is 12.1 Å². The molecule has 4 N–H and O–H groups in total. The number of aryl methyl sites for hydroxylation is 1. The van der Waals surface area contributed by atoms with Crippen molar-refractivity contribution in [1.82, 2.24) is 10.6 Å².